The minimum atomic E-state index is -3.86. The Morgan fingerprint density at radius 1 is 1.12 bits per heavy atom. The number of H-pyrrole nitrogens is 1. The minimum absolute atomic E-state index is 0.0246. The van der Waals surface area contributed by atoms with Gasteiger partial charge in [0.05, 0.1) is 21.1 Å². The van der Waals surface area contributed by atoms with E-state index in [9.17, 15) is 23.3 Å². The molecule has 0 aliphatic carbocycles. The summed E-state index contributed by atoms with van der Waals surface area (Å²) in [4.78, 5) is 28.7. The number of benzene rings is 1. The van der Waals surface area contributed by atoms with Crippen LogP contribution in [0.4, 0.5) is 5.69 Å². The number of hydrogen-bond donors (Lipinski definition) is 1. The summed E-state index contributed by atoms with van der Waals surface area (Å²) in [6, 6.07) is 10.6. The molecular weight excluding hydrogens is 334 g/mol. The second-order valence-corrected chi connectivity index (χ2v) is 7.00. The zero-order valence-corrected chi connectivity index (χ0v) is 13.0. The number of hydrogen-bond acceptors (Lipinski definition) is 6. The van der Waals surface area contributed by atoms with Crippen molar-refractivity contribution in [3.05, 3.63) is 74.7 Å². The standard InChI is InChI=1S/C15H11N3O5S/c19-15-13(18(20)21)12(11-7-4-8-16-14(11)17-15)9-24(22,23)10-5-2-1-3-6-10/h1-8H,9H2,(H,16,17,19). The summed E-state index contributed by atoms with van der Waals surface area (Å²) in [6.45, 7) is 0. The fourth-order valence-corrected chi connectivity index (χ4v) is 3.83. The summed E-state index contributed by atoms with van der Waals surface area (Å²) >= 11 is 0. The van der Waals surface area contributed by atoms with Crippen molar-refractivity contribution >= 4 is 26.6 Å². The largest absolute Gasteiger partial charge is 0.338 e. The fourth-order valence-electron chi connectivity index (χ4n) is 2.42. The van der Waals surface area contributed by atoms with Crippen molar-refractivity contribution in [3.63, 3.8) is 0 Å². The highest BCUT2D eigenvalue weighted by atomic mass is 32.2. The van der Waals surface area contributed by atoms with Crippen LogP contribution in [-0.4, -0.2) is 23.3 Å². The van der Waals surface area contributed by atoms with Gasteiger partial charge in [-0.15, -0.1) is 0 Å². The lowest BCUT2D eigenvalue weighted by atomic mass is 10.1. The second kappa shape index (κ2) is 5.85. The number of nitro groups is 1. The Kier molecular flexibility index (Phi) is 3.86. The Labute approximate surface area is 135 Å². The van der Waals surface area contributed by atoms with Gasteiger partial charge in [0.2, 0.25) is 0 Å². The van der Waals surface area contributed by atoms with E-state index in [2.05, 4.69) is 9.97 Å². The molecule has 0 saturated carbocycles. The summed E-state index contributed by atoms with van der Waals surface area (Å²) in [5.74, 6) is -0.667. The molecule has 0 saturated heterocycles. The monoisotopic (exact) mass is 345 g/mol. The molecule has 9 heteroatoms. The minimum Gasteiger partial charge on any atom is -0.301 e. The highest BCUT2D eigenvalue weighted by Gasteiger charge is 2.28. The topological polar surface area (TPSA) is 123 Å². The molecule has 1 N–H and O–H groups in total. The lowest BCUT2D eigenvalue weighted by Gasteiger charge is -2.08. The molecule has 0 bridgehead atoms. The third-order valence-electron chi connectivity index (χ3n) is 3.48. The molecule has 0 radical (unpaired) electrons. The van der Waals surface area contributed by atoms with E-state index in [0.717, 1.165) is 0 Å². The normalized spacial score (nSPS) is 11.5. The Hall–Kier alpha value is -3.07. The lowest BCUT2D eigenvalue weighted by Crippen LogP contribution is -2.17. The van der Waals surface area contributed by atoms with Crippen molar-refractivity contribution in [2.45, 2.75) is 10.6 Å². The smallest absolute Gasteiger partial charge is 0.301 e. The van der Waals surface area contributed by atoms with Crippen LogP contribution in [0, 0.1) is 10.1 Å². The van der Waals surface area contributed by atoms with Gasteiger partial charge in [-0.1, -0.05) is 18.2 Å². The van der Waals surface area contributed by atoms with Crippen molar-refractivity contribution in [3.8, 4) is 0 Å². The molecular formula is C15H11N3O5S. The van der Waals surface area contributed by atoms with Crippen LogP contribution >= 0.6 is 0 Å². The number of aromatic amines is 1. The van der Waals surface area contributed by atoms with Crippen LogP contribution in [-0.2, 0) is 15.6 Å². The molecule has 0 aliphatic heterocycles. The van der Waals surface area contributed by atoms with Gasteiger partial charge >= 0.3 is 11.2 Å². The first-order valence-electron chi connectivity index (χ1n) is 6.82. The van der Waals surface area contributed by atoms with E-state index < -0.39 is 31.8 Å². The second-order valence-electron chi connectivity index (χ2n) is 5.01. The van der Waals surface area contributed by atoms with Crippen LogP contribution in [0.25, 0.3) is 11.0 Å². The number of nitrogens with zero attached hydrogens (tertiary/aromatic N) is 2. The molecule has 0 amide bonds. The summed E-state index contributed by atoms with van der Waals surface area (Å²) in [7, 11) is -3.86. The molecule has 1 aromatic carbocycles. The number of fused-ring (bicyclic) bond motifs is 1. The maximum absolute atomic E-state index is 12.6. The van der Waals surface area contributed by atoms with Crippen LogP contribution in [0.15, 0.2) is 58.4 Å². The molecule has 3 rings (SSSR count). The summed E-state index contributed by atoms with van der Waals surface area (Å²) in [6.07, 6.45) is 1.40. The summed E-state index contributed by atoms with van der Waals surface area (Å²) in [5.41, 5.74) is -1.83. The van der Waals surface area contributed by atoms with Gasteiger partial charge in [0.25, 0.3) is 0 Å². The third-order valence-corrected chi connectivity index (χ3v) is 5.14. The number of rotatable bonds is 4. The summed E-state index contributed by atoms with van der Waals surface area (Å²) < 4.78 is 25.2. The van der Waals surface area contributed by atoms with E-state index in [4.69, 9.17) is 0 Å². The Morgan fingerprint density at radius 3 is 2.50 bits per heavy atom. The average molecular weight is 345 g/mol. The number of sulfone groups is 1. The summed E-state index contributed by atoms with van der Waals surface area (Å²) in [5, 5.41) is 11.5. The van der Waals surface area contributed by atoms with E-state index >= 15 is 0 Å². The molecule has 24 heavy (non-hydrogen) atoms. The first-order valence-corrected chi connectivity index (χ1v) is 8.47. The maximum Gasteiger partial charge on any atom is 0.338 e. The molecule has 2 aromatic heterocycles. The Morgan fingerprint density at radius 2 is 1.83 bits per heavy atom. The fraction of sp³-hybridized carbons (Fsp3) is 0.0667. The first-order chi connectivity index (χ1) is 11.4. The van der Waals surface area contributed by atoms with Crippen LogP contribution in [0.1, 0.15) is 5.56 Å². The highest BCUT2D eigenvalue weighted by Crippen LogP contribution is 2.26. The van der Waals surface area contributed by atoms with E-state index in [1.807, 2.05) is 0 Å². The quantitative estimate of drug-likeness (QED) is 0.568. The molecule has 122 valence electrons. The van der Waals surface area contributed by atoms with Crippen LogP contribution in [0.3, 0.4) is 0 Å². The third kappa shape index (κ3) is 2.76. The van der Waals surface area contributed by atoms with Gasteiger partial charge < -0.3 is 4.98 Å². The van der Waals surface area contributed by atoms with Crippen LogP contribution < -0.4 is 5.56 Å². The van der Waals surface area contributed by atoms with Gasteiger partial charge in [-0.2, -0.15) is 0 Å². The van der Waals surface area contributed by atoms with Gasteiger partial charge in [-0.05, 0) is 24.3 Å². The predicted octanol–water partition coefficient (Wildman–Crippen LogP) is 1.81. The Balaban J connectivity index is 2.27. The molecule has 8 nitrogen and oxygen atoms in total. The van der Waals surface area contributed by atoms with Crippen LogP contribution in [0.2, 0.25) is 0 Å². The average Bonchev–Trinajstić information content (AvgIpc) is 2.55. The number of nitrogens with one attached hydrogen (secondary N) is 1. The van der Waals surface area contributed by atoms with Gasteiger partial charge in [0.15, 0.2) is 9.84 Å². The molecule has 0 atom stereocenters. The predicted molar refractivity (Wildman–Crippen MR) is 86.3 cm³/mol. The number of aromatic nitrogens is 2. The van der Waals surface area contributed by atoms with E-state index in [-0.39, 0.29) is 21.5 Å². The van der Waals surface area contributed by atoms with Crippen molar-refractivity contribution < 1.29 is 13.3 Å². The molecule has 0 unspecified atom stereocenters. The lowest BCUT2D eigenvalue weighted by molar-refractivity contribution is -0.386. The number of pyridine rings is 2. The highest BCUT2D eigenvalue weighted by molar-refractivity contribution is 7.90. The van der Waals surface area contributed by atoms with E-state index in [0.29, 0.717) is 0 Å². The maximum atomic E-state index is 12.6. The van der Waals surface area contributed by atoms with Gasteiger partial charge in [-0.3, -0.25) is 14.9 Å². The molecule has 0 spiro atoms. The SMILES string of the molecule is O=c1[nH]c2ncccc2c(CS(=O)(=O)c2ccccc2)c1[N+](=O)[O-]. The van der Waals surface area contributed by atoms with Gasteiger partial charge in [-0.25, -0.2) is 13.4 Å². The van der Waals surface area contributed by atoms with E-state index in [1.54, 1.807) is 18.2 Å². The first kappa shape index (κ1) is 15.8. The molecule has 0 aliphatic rings. The van der Waals surface area contributed by atoms with Gasteiger partial charge in [0, 0.05) is 11.6 Å². The zero-order valence-electron chi connectivity index (χ0n) is 12.2. The van der Waals surface area contributed by atoms with E-state index in [1.165, 1.54) is 30.5 Å². The molecule has 0 fully saturated rings. The zero-order chi connectivity index (χ0) is 17.3. The molecule has 2 heterocycles. The van der Waals surface area contributed by atoms with Crippen molar-refractivity contribution in [2.75, 3.05) is 0 Å². The Bertz CT molecular complexity index is 1090. The van der Waals surface area contributed by atoms with Crippen molar-refractivity contribution in [1.82, 2.24) is 9.97 Å². The van der Waals surface area contributed by atoms with Crippen LogP contribution in [0.5, 0.6) is 0 Å². The van der Waals surface area contributed by atoms with Gasteiger partial charge in [0.1, 0.15) is 5.65 Å². The molecule has 3 aromatic rings. The van der Waals surface area contributed by atoms with Crippen molar-refractivity contribution in [1.29, 1.82) is 0 Å². The van der Waals surface area contributed by atoms with Crippen molar-refractivity contribution in [2.24, 2.45) is 0 Å².